The van der Waals surface area contributed by atoms with Gasteiger partial charge in [-0.25, -0.2) is 14.5 Å². The molecule has 1 amide bonds. The van der Waals surface area contributed by atoms with Crippen molar-refractivity contribution in [2.45, 2.75) is 12.3 Å². The zero-order valence-electron chi connectivity index (χ0n) is 17.0. The molecule has 3 heterocycles. The molecule has 0 aliphatic heterocycles. The van der Waals surface area contributed by atoms with E-state index in [4.69, 9.17) is 9.47 Å². The first-order chi connectivity index (χ1) is 15.2. The van der Waals surface area contributed by atoms with Crippen LogP contribution in [0.2, 0.25) is 0 Å². The summed E-state index contributed by atoms with van der Waals surface area (Å²) < 4.78 is 12.2. The highest BCUT2D eigenvalue weighted by Gasteiger charge is 2.45. The number of aromatic nitrogens is 5. The van der Waals surface area contributed by atoms with E-state index in [1.54, 1.807) is 23.1 Å². The lowest BCUT2D eigenvalue weighted by Crippen LogP contribution is -2.14. The summed E-state index contributed by atoms with van der Waals surface area (Å²) >= 11 is 0. The first-order valence-electron chi connectivity index (χ1n) is 9.83. The molecule has 0 bridgehead atoms. The van der Waals surface area contributed by atoms with Crippen LogP contribution in [0.4, 0.5) is 5.69 Å². The lowest BCUT2D eigenvalue weighted by atomic mass is 10.1. The average Bonchev–Trinajstić information content (AvgIpc) is 3.47. The van der Waals surface area contributed by atoms with Gasteiger partial charge in [-0.2, -0.15) is 10.1 Å². The summed E-state index contributed by atoms with van der Waals surface area (Å²) in [6.07, 6.45) is 5.84. The normalized spacial score (nSPS) is 17.4. The zero-order valence-corrected chi connectivity index (χ0v) is 17.0. The fourth-order valence-corrected chi connectivity index (χ4v) is 3.71. The molecule has 9 heteroatoms. The molecule has 3 aromatic heterocycles. The number of benzene rings is 1. The molecule has 1 N–H and O–H groups in total. The van der Waals surface area contributed by atoms with Gasteiger partial charge in [-0.05, 0) is 24.6 Å². The van der Waals surface area contributed by atoms with Crippen LogP contribution in [0.1, 0.15) is 17.9 Å². The van der Waals surface area contributed by atoms with Crippen molar-refractivity contribution >= 4 is 17.2 Å². The third-order valence-electron chi connectivity index (χ3n) is 5.34. The Hall–Kier alpha value is -4.01. The summed E-state index contributed by atoms with van der Waals surface area (Å²) in [6, 6.07) is 11.6. The molecule has 0 saturated heterocycles. The van der Waals surface area contributed by atoms with E-state index in [0.29, 0.717) is 17.1 Å². The maximum atomic E-state index is 12.8. The topological polar surface area (TPSA) is 104 Å². The minimum Gasteiger partial charge on any atom is -0.480 e. The van der Waals surface area contributed by atoms with Gasteiger partial charge in [0.15, 0.2) is 5.65 Å². The molecule has 0 unspecified atom stereocenters. The highest BCUT2D eigenvalue weighted by Crippen LogP contribution is 2.49. The van der Waals surface area contributed by atoms with E-state index in [-0.39, 0.29) is 23.8 Å². The Balaban J connectivity index is 1.48. The van der Waals surface area contributed by atoms with E-state index in [1.165, 1.54) is 14.2 Å². The first-order valence-corrected chi connectivity index (χ1v) is 9.83. The second-order valence-corrected chi connectivity index (χ2v) is 7.26. The van der Waals surface area contributed by atoms with Crippen LogP contribution >= 0.6 is 0 Å². The first kappa shape index (κ1) is 19.0. The highest BCUT2D eigenvalue weighted by molar-refractivity contribution is 5.95. The van der Waals surface area contributed by atoms with Crippen molar-refractivity contribution in [1.82, 2.24) is 24.6 Å². The van der Waals surface area contributed by atoms with Gasteiger partial charge < -0.3 is 14.8 Å². The van der Waals surface area contributed by atoms with E-state index >= 15 is 0 Å². The molecule has 1 aliphatic rings. The van der Waals surface area contributed by atoms with Crippen LogP contribution in [0.3, 0.4) is 0 Å². The predicted octanol–water partition coefficient (Wildman–Crippen LogP) is 2.95. The maximum absolute atomic E-state index is 12.8. The Morgan fingerprint density at radius 3 is 2.77 bits per heavy atom. The largest absolute Gasteiger partial charge is 0.480 e. The number of amides is 1. The van der Waals surface area contributed by atoms with Crippen LogP contribution in [-0.4, -0.2) is 44.7 Å². The van der Waals surface area contributed by atoms with E-state index in [0.717, 1.165) is 23.3 Å². The number of carbonyl (C=O) groups is 1. The summed E-state index contributed by atoms with van der Waals surface area (Å²) in [6.45, 7) is 0. The number of imidazole rings is 1. The van der Waals surface area contributed by atoms with Gasteiger partial charge in [0.05, 0.1) is 25.5 Å². The van der Waals surface area contributed by atoms with Crippen molar-refractivity contribution in [3.05, 3.63) is 60.6 Å². The Kier molecular flexibility index (Phi) is 4.70. The summed E-state index contributed by atoms with van der Waals surface area (Å²) in [4.78, 5) is 25.6. The zero-order chi connectivity index (χ0) is 21.4. The van der Waals surface area contributed by atoms with E-state index in [1.807, 2.05) is 36.4 Å². The van der Waals surface area contributed by atoms with Gasteiger partial charge in [-0.15, -0.1) is 0 Å². The molecular formula is C22H20N6O3. The molecule has 156 valence electrons. The fraction of sp³-hybridized carbons (Fsp3) is 0.227. The van der Waals surface area contributed by atoms with Crippen molar-refractivity contribution < 1.29 is 14.3 Å². The van der Waals surface area contributed by atoms with Crippen LogP contribution in [0.15, 0.2) is 55.0 Å². The molecule has 2 atom stereocenters. The van der Waals surface area contributed by atoms with Crippen molar-refractivity contribution in [3.63, 3.8) is 0 Å². The molecule has 1 aromatic carbocycles. The third kappa shape index (κ3) is 3.54. The Bertz CT molecular complexity index is 1260. The van der Waals surface area contributed by atoms with Gasteiger partial charge in [-0.3, -0.25) is 4.79 Å². The Morgan fingerprint density at radius 1 is 1.16 bits per heavy atom. The number of fused-ring (bicyclic) bond motifs is 1. The molecule has 4 aromatic rings. The lowest BCUT2D eigenvalue weighted by Gasteiger charge is -2.10. The van der Waals surface area contributed by atoms with Gasteiger partial charge in [0, 0.05) is 41.7 Å². The number of ether oxygens (including phenoxy) is 2. The van der Waals surface area contributed by atoms with E-state index in [9.17, 15) is 4.79 Å². The number of carbonyl (C=O) groups excluding carboxylic acids is 1. The molecular weight excluding hydrogens is 396 g/mol. The number of para-hydroxylation sites is 1. The van der Waals surface area contributed by atoms with Crippen LogP contribution in [0.25, 0.3) is 16.9 Å². The van der Waals surface area contributed by atoms with Crippen LogP contribution in [0.5, 0.6) is 11.9 Å². The summed E-state index contributed by atoms with van der Waals surface area (Å²) in [5.41, 5.74) is 3.75. The maximum Gasteiger partial charge on any atom is 0.319 e. The third-order valence-corrected chi connectivity index (χ3v) is 5.34. The number of hydrogen-bond donors (Lipinski definition) is 1. The smallest absolute Gasteiger partial charge is 0.319 e. The summed E-state index contributed by atoms with van der Waals surface area (Å²) in [5, 5.41) is 7.62. The second kappa shape index (κ2) is 7.67. The average molecular weight is 416 g/mol. The summed E-state index contributed by atoms with van der Waals surface area (Å²) in [7, 11) is 3.03. The number of nitrogens with zero attached hydrogens (tertiary/aromatic N) is 5. The van der Waals surface area contributed by atoms with Crippen LogP contribution in [0, 0.1) is 5.92 Å². The highest BCUT2D eigenvalue weighted by atomic mass is 16.5. The number of nitrogens with one attached hydrogen (secondary N) is 1. The number of methoxy groups -OCH3 is 2. The minimum atomic E-state index is -0.120. The summed E-state index contributed by atoms with van der Waals surface area (Å²) in [5.74, 6) is 0.300. The monoisotopic (exact) mass is 416 g/mol. The molecule has 5 rings (SSSR count). The molecule has 1 saturated carbocycles. The molecule has 31 heavy (non-hydrogen) atoms. The van der Waals surface area contributed by atoms with Crippen LogP contribution in [-0.2, 0) is 4.79 Å². The van der Waals surface area contributed by atoms with Crippen molar-refractivity contribution in [1.29, 1.82) is 0 Å². The molecule has 1 aliphatic carbocycles. The predicted molar refractivity (Wildman–Crippen MR) is 113 cm³/mol. The Labute approximate surface area is 178 Å². The SMILES string of the molecule is COc1ncc(-c2cc([C@@H]3C[C@H]3C(=O)Nc3ccccc3)c3nccn3n2)c(OC)n1. The Morgan fingerprint density at radius 2 is 2.00 bits per heavy atom. The molecule has 9 nitrogen and oxygen atoms in total. The molecule has 1 fully saturated rings. The second-order valence-electron chi connectivity index (χ2n) is 7.26. The van der Waals surface area contributed by atoms with Crippen LogP contribution < -0.4 is 14.8 Å². The van der Waals surface area contributed by atoms with Crippen molar-refractivity contribution in [3.8, 4) is 23.1 Å². The van der Waals surface area contributed by atoms with Gasteiger partial charge in [0.2, 0.25) is 11.8 Å². The number of anilines is 1. The van der Waals surface area contributed by atoms with Gasteiger partial charge in [-0.1, -0.05) is 18.2 Å². The van der Waals surface area contributed by atoms with E-state index < -0.39 is 0 Å². The number of hydrogen-bond acceptors (Lipinski definition) is 7. The van der Waals surface area contributed by atoms with Gasteiger partial charge >= 0.3 is 6.01 Å². The number of rotatable bonds is 6. The standard InChI is InChI=1S/C22H20N6O3/c1-30-21-17(12-24-22(26-21)31-2)18-11-15(19-23-8-9-28(19)27-18)14-10-16(14)20(29)25-13-6-4-3-5-7-13/h3-9,11-12,14,16H,10H2,1-2H3,(H,25,29)/t14-,16+/m0/s1. The van der Waals surface area contributed by atoms with Crippen molar-refractivity contribution in [2.24, 2.45) is 5.92 Å². The quantitative estimate of drug-likeness (QED) is 0.515. The van der Waals surface area contributed by atoms with Gasteiger partial charge in [0.25, 0.3) is 0 Å². The fourth-order valence-electron chi connectivity index (χ4n) is 3.71. The van der Waals surface area contributed by atoms with Gasteiger partial charge in [0.1, 0.15) is 0 Å². The van der Waals surface area contributed by atoms with Crippen molar-refractivity contribution in [2.75, 3.05) is 19.5 Å². The minimum absolute atomic E-state index is 0.00429. The van der Waals surface area contributed by atoms with E-state index in [2.05, 4.69) is 25.4 Å². The molecule has 0 radical (unpaired) electrons. The lowest BCUT2D eigenvalue weighted by molar-refractivity contribution is -0.117. The molecule has 0 spiro atoms.